The van der Waals surface area contributed by atoms with Gasteiger partial charge in [-0.25, -0.2) is 0 Å². The van der Waals surface area contributed by atoms with Gasteiger partial charge in [-0.1, -0.05) is 6.42 Å². The van der Waals surface area contributed by atoms with E-state index in [1.54, 1.807) is 9.80 Å². The van der Waals surface area contributed by atoms with Gasteiger partial charge in [-0.2, -0.15) is 13.2 Å². The summed E-state index contributed by atoms with van der Waals surface area (Å²) < 4.78 is 43.0. The zero-order valence-electron chi connectivity index (χ0n) is 13.2. The molecule has 1 saturated carbocycles. The van der Waals surface area contributed by atoms with Crippen LogP contribution in [0.15, 0.2) is 0 Å². The molecule has 0 radical (unpaired) electrons. The van der Waals surface area contributed by atoms with E-state index in [-0.39, 0.29) is 37.2 Å². The number of carbonyl (C=O) groups excluding carboxylic acids is 1. The number of hydrogen-bond acceptors (Lipinski definition) is 3. The van der Waals surface area contributed by atoms with E-state index < -0.39 is 12.6 Å². The van der Waals surface area contributed by atoms with Crippen LogP contribution in [0.2, 0.25) is 0 Å². The smallest absolute Gasteiger partial charge is 0.372 e. The molecule has 1 heterocycles. The summed E-state index contributed by atoms with van der Waals surface area (Å²) in [5, 5.41) is 0. The van der Waals surface area contributed by atoms with Crippen LogP contribution in [0.25, 0.3) is 0 Å². The van der Waals surface area contributed by atoms with Crippen LogP contribution in [0.4, 0.5) is 13.2 Å². The van der Waals surface area contributed by atoms with Crippen molar-refractivity contribution in [2.24, 2.45) is 0 Å². The van der Waals surface area contributed by atoms with E-state index >= 15 is 0 Å². The van der Waals surface area contributed by atoms with E-state index in [4.69, 9.17) is 4.74 Å². The van der Waals surface area contributed by atoms with Gasteiger partial charge < -0.3 is 9.64 Å². The minimum absolute atomic E-state index is 0.0278. The van der Waals surface area contributed by atoms with Gasteiger partial charge in [0.2, 0.25) is 5.91 Å². The second-order valence-electron chi connectivity index (χ2n) is 6.48. The first-order chi connectivity index (χ1) is 10.2. The van der Waals surface area contributed by atoms with E-state index in [0.29, 0.717) is 13.1 Å². The van der Waals surface area contributed by atoms with Crippen molar-refractivity contribution in [3.05, 3.63) is 0 Å². The highest BCUT2D eigenvalue weighted by atomic mass is 19.4. The summed E-state index contributed by atoms with van der Waals surface area (Å²) in [6.45, 7) is 4.84. The molecule has 0 N–H and O–H groups in total. The van der Waals surface area contributed by atoms with E-state index in [1.165, 1.54) is 0 Å². The fourth-order valence-electron chi connectivity index (χ4n) is 3.07. The summed E-state index contributed by atoms with van der Waals surface area (Å²) in [6, 6.07) is 0.127. The highest BCUT2D eigenvalue weighted by Crippen LogP contribution is 2.27. The van der Waals surface area contributed by atoms with Crippen molar-refractivity contribution in [1.82, 2.24) is 9.80 Å². The lowest BCUT2D eigenvalue weighted by Gasteiger charge is -2.40. The number of alkyl halides is 3. The van der Waals surface area contributed by atoms with Gasteiger partial charge in [0, 0.05) is 25.7 Å². The number of amides is 1. The van der Waals surface area contributed by atoms with Crippen LogP contribution in [0, 0.1) is 0 Å². The fourth-order valence-corrected chi connectivity index (χ4v) is 3.07. The van der Waals surface area contributed by atoms with Crippen molar-refractivity contribution >= 4 is 5.91 Å². The molecule has 1 amide bonds. The summed E-state index contributed by atoms with van der Waals surface area (Å²) in [7, 11) is 0. The number of nitrogens with zero attached hydrogens (tertiary/aromatic N) is 2. The van der Waals surface area contributed by atoms with E-state index in [2.05, 4.69) is 0 Å². The molecule has 0 aromatic heterocycles. The van der Waals surface area contributed by atoms with Crippen molar-refractivity contribution in [3.63, 3.8) is 0 Å². The van der Waals surface area contributed by atoms with Gasteiger partial charge in [0.05, 0.1) is 25.2 Å². The first-order valence-electron chi connectivity index (χ1n) is 7.98. The molecule has 7 heteroatoms. The van der Waals surface area contributed by atoms with Crippen LogP contribution in [-0.2, 0) is 9.53 Å². The molecule has 0 unspecified atom stereocenters. The number of rotatable bonds is 5. The van der Waals surface area contributed by atoms with Gasteiger partial charge in [0.25, 0.3) is 0 Å². The summed E-state index contributed by atoms with van der Waals surface area (Å²) in [6.07, 6.45) is -2.27. The Morgan fingerprint density at radius 2 is 1.82 bits per heavy atom. The van der Waals surface area contributed by atoms with Crippen LogP contribution >= 0.6 is 0 Å². The summed E-state index contributed by atoms with van der Waals surface area (Å²) in [5.41, 5.74) is 0. The third-order valence-electron chi connectivity index (χ3n) is 4.38. The summed E-state index contributed by atoms with van der Waals surface area (Å²) in [4.78, 5) is 15.8. The third-order valence-corrected chi connectivity index (χ3v) is 4.38. The van der Waals surface area contributed by atoms with Gasteiger partial charge in [0.1, 0.15) is 0 Å². The molecular formula is C15H25F3N2O2. The predicted octanol–water partition coefficient (Wildman–Crippen LogP) is 2.43. The van der Waals surface area contributed by atoms with Crippen LogP contribution in [0.3, 0.4) is 0 Å². The molecule has 0 aromatic rings. The molecule has 0 bridgehead atoms. The van der Waals surface area contributed by atoms with E-state index in [0.717, 1.165) is 19.3 Å². The zero-order valence-corrected chi connectivity index (χ0v) is 13.2. The Kier molecular flexibility index (Phi) is 5.71. The van der Waals surface area contributed by atoms with Gasteiger partial charge in [-0.3, -0.25) is 9.69 Å². The average Bonchev–Trinajstić information content (AvgIpc) is 2.31. The molecule has 2 aliphatic rings. The van der Waals surface area contributed by atoms with Crippen LogP contribution in [0.1, 0.15) is 39.5 Å². The Morgan fingerprint density at radius 1 is 1.23 bits per heavy atom. The van der Waals surface area contributed by atoms with Crippen molar-refractivity contribution in [3.8, 4) is 0 Å². The minimum atomic E-state index is -4.17. The maximum Gasteiger partial charge on any atom is 0.390 e. The molecule has 1 saturated heterocycles. The summed E-state index contributed by atoms with van der Waals surface area (Å²) >= 11 is 0. The number of halogens is 3. The largest absolute Gasteiger partial charge is 0.390 e. The second-order valence-corrected chi connectivity index (χ2v) is 6.48. The minimum Gasteiger partial charge on any atom is -0.372 e. The topological polar surface area (TPSA) is 32.8 Å². The second kappa shape index (κ2) is 7.17. The number of morpholine rings is 1. The molecule has 4 nitrogen and oxygen atoms in total. The molecule has 1 aliphatic heterocycles. The Balaban J connectivity index is 1.89. The lowest BCUT2D eigenvalue weighted by molar-refractivity contribution is -0.150. The van der Waals surface area contributed by atoms with Crippen molar-refractivity contribution < 1.29 is 22.7 Å². The Hall–Kier alpha value is -0.820. The molecule has 128 valence electrons. The Bertz CT molecular complexity index is 375. The first-order valence-corrected chi connectivity index (χ1v) is 7.98. The lowest BCUT2D eigenvalue weighted by Crippen LogP contribution is -2.53. The van der Waals surface area contributed by atoms with E-state index in [9.17, 15) is 18.0 Å². The van der Waals surface area contributed by atoms with Gasteiger partial charge >= 0.3 is 6.18 Å². The molecule has 2 rings (SSSR count). The number of ether oxygens (including phenoxy) is 1. The maximum atomic E-state index is 12.5. The SMILES string of the molecule is C[C@H]1CN(C(=O)CN(CCC(F)(F)F)C2CCC2)C[C@H](C)O1. The Morgan fingerprint density at radius 3 is 2.27 bits per heavy atom. The van der Waals surface area contributed by atoms with Crippen LogP contribution < -0.4 is 0 Å². The van der Waals surface area contributed by atoms with Gasteiger partial charge in [0.15, 0.2) is 0 Å². The standard InChI is InChI=1S/C15H25F3N2O2/c1-11-8-20(9-12(2)22-11)14(21)10-19(13-4-3-5-13)7-6-15(16,17)18/h11-13H,3-10H2,1-2H3/t11-,12-/m0/s1. The average molecular weight is 322 g/mol. The molecule has 1 aliphatic carbocycles. The monoisotopic (exact) mass is 322 g/mol. The molecule has 0 spiro atoms. The third kappa shape index (κ3) is 5.12. The normalized spacial score (nSPS) is 27.1. The highest BCUT2D eigenvalue weighted by Gasteiger charge is 2.34. The quantitative estimate of drug-likeness (QED) is 0.779. The molecule has 2 fully saturated rings. The lowest BCUT2D eigenvalue weighted by atomic mass is 9.91. The van der Waals surface area contributed by atoms with Crippen molar-refractivity contribution in [1.29, 1.82) is 0 Å². The maximum absolute atomic E-state index is 12.5. The number of carbonyl (C=O) groups is 1. The van der Waals surface area contributed by atoms with Crippen LogP contribution in [0.5, 0.6) is 0 Å². The van der Waals surface area contributed by atoms with Gasteiger partial charge in [-0.05, 0) is 26.7 Å². The van der Waals surface area contributed by atoms with E-state index in [1.807, 2.05) is 13.8 Å². The fraction of sp³-hybridized carbons (Fsp3) is 0.933. The van der Waals surface area contributed by atoms with Gasteiger partial charge in [-0.15, -0.1) is 0 Å². The number of hydrogen-bond donors (Lipinski definition) is 0. The van der Waals surface area contributed by atoms with Crippen molar-refractivity contribution in [2.45, 2.75) is 64.0 Å². The molecule has 0 aromatic carbocycles. The van der Waals surface area contributed by atoms with Crippen molar-refractivity contribution in [2.75, 3.05) is 26.2 Å². The zero-order chi connectivity index (χ0) is 16.3. The summed E-state index contributed by atoms with van der Waals surface area (Å²) in [5.74, 6) is -0.0870. The Labute approximate surface area is 129 Å². The predicted molar refractivity (Wildman–Crippen MR) is 76.5 cm³/mol. The van der Waals surface area contributed by atoms with Crippen LogP contribution in [-0.4, -0.2) is 66.3 Å². The molecule has 2 atom stereocenters. The highest BCUT2D eigenvalue weighted by molar-refractivity contribution is 5.78. The molecule has 22 heavy (non-hydrogen) atoms. The molecular weight excluding hydrogens is 297 g/mol. The first kappa shape index (κ1) is 17.5.